The summed E-state index contributed by atoms with van der Waals surface area (Å²) in [5, 5.41) is 8.89. The summed E-state index contributed by atoms with van der Waals surface area (Å²) in [5.74, 6) is 0.823. The van der Waals surface area contributed by atoms with Gasteiger partial charge in [-0.2, -0.15) is 0 Å². The van der Waals surface area contributed by atoms with E-state index in [1.165, 1.54) is 0 Å². The van der Waals surface area contributed by atoms with Gasteiger partial charge < -0.3 is 14.6 Å². The Morgan fingerprint density at radius 2 is 1.86 bits per heavy atom. The van der Waals surface area contributed by atoms with E-state index >= 15 is 0 Å². The average Bonchev–Trinajstić information content (AvgIpc) is 3.36. The third kappa shape index (κ3) is 7.01. The number of carbonyl (C=O) groups is 1. The number of hydrogen-bond donors (Lipinski definition) is 3. The van der Waals surface area contributed by atoms with Gasteiger partial charge in [-0.15, -0.1) is 6.58 Å². The van der Waals surface area contributed by atoms with Gasteiger partial charge in [0.2, 0.25) is 5.90 Å². The highest BCUT2D eigenvalue weighted by molar-refractivity contribution is 7.99. The van der Waals surface area contributed by atoms with Crippen LogP contribution in [0.3, 0.4) is 0 Å². The zero-order valence-corrected chi connectivity index (χ0v) is 21.4. The monoisotopic (exact) mass is 517 g/mol. The first-order chi connectivity index (χ1) is 18.1. The molecule has 4 rings (SSSR count). The van der Waals surface area contributed by atoms with Gasteiger partial charge in [0.25, 0.3) is 5.91 Å². The number of nitrogens with zero attached hydrogens (tertiary/aromatic N) is 1. The number of hydrazine groups is 1. The van der Waals surface area contributed by atoms with E-state index in [0.29, 0.717) is 37.6 Å². The summed E-state index contributed by atoms with van der Waals surface area (Å²) in [6.45, 7) is 4.93. The van der Waals surface area contributed by atoms with Gasteiger partial charge in [0.15, 0.2) is 5.54 Å². The fourth-order valence-corrected chi connectivity index (χ4v) is 4.76. The normalized spacial score (nSPS) is 16.5. The van der Waals surface area contributed by atoms with Crippen LogP contribution in [0.25, 0.3) is 0 Å². The summed E-state index contributed by atoms with van der Waals surface area (Å²) in [6, 6.07) is 25.6. The van der Waals surface area contributed by atoms with E-state index in [4.69, 9.17) is 14.6 Å². The van der Waals surface area contributed by atoms with Crippen molar-refractivity contribution in [1.82, 2.24) is 10.9 Å². The Hall–Kier alpha value is -3.59. The lowest BCUT2D eigenvalue weighted by Crippen LogP contribution is -2.51. The molecule has 37 heavy (non-hydrogen) atoms. The first-order valence-electron chi connectivity index (χ1n) is 12.2. The predicted molar refractivity (Wildman–Crippen MR) is 146 cm³/mol. The van der Waals surface area contributed by atoms with Crippen LogP contribution in [0.15, 0.2) is 106 Å². The molecule has 1 aliphatic rings. The molecular weight excluding hydrogens is 486 g/mol. The number of benzene rings is 3. The van der Waals surface area contributed by atoms with Crippen molar-refractivity contribution in [2.75, 3.05) is 19.8 Å². The van der Waals surface area contributed by atoms with E-state index in [0.717, 1.165) is 20.9 Å². The molecule has 192 valence electrons. The largest absolute Gasteiger partial charge is 0.494 e. The van der Waals surface area contributed by atoms with E-state index in [2.05, 4.69) is 40.6 Å². The van der Waals surface area contributed by atoms with Crippen LogP contribution in [0.5, 0.6) is 5.75 Å². The molecule has 0 radical (unpaired) electrons. The molecular formula is C29H31N3O4S. The first kappa shape index (κ1) is 26.5. The van der Waals surface area contributed by atoms with Gasteiger partial charge in [-0.3, -0.25) is 10.2 Å². The summed E-state index contributed by atoms with van der Waals surface area (Å²) >= 11 is 1.68. The summed E-state index contributed by atoms with van der Waals surface area (Å²) in [7, 11) is 0. The van der Waals surface area contributed by atoms with Gasteiger partial charge in [-0.1, -0.05) is 54.2 Å². The molecule has 0 spiro atoms. The molecule has 0 saturated carbocycles. The molecule has 0 saturated heterocycles. The standard InChI is InChI=1S/C29H31N3O4S/c1-2-17-29(21-36-27(31-29)22-13-15-24(16-14-22)35-19-8-18-33)28(34)32-30-20-23-9-6-7-12-26(23)37-25-10-4-3-5-11-25/h2-7,9-16,30,33H,1,8,17-21H2,(H,32,34)/t29-/m0/s1. The fourth-order valence-electron chi connectivity index (χ4n) is 3.80. The van der Waals surface area contributed by atoms with Crippen molar-refractivity contribution in [2.24, 2.45) is 4.99 Å². The van der Waals surface area contributed by atoms with E-state index in [1.807, 2.05) is 60.7 Å². The van der Waals surface area contributed by atoms with Gasteiger partial charge >= 0.3 is 0 Å². The Balaban J connectivity index is 1.39. The van der Waals surface area contributed by atoms with Crippen molar-refractivity contribution in [1.29, 1.82) is 0 Å². The summed E-state index contributed by atoms with van der Waals surface area (Å²) in [4.78, 5) is 20.2. The Morgan fingerprint density at radius 1 is 1.11 bits per heavy atom. The molecule has 3 N–H and O–H groups in total. The Kier molecular flexibility index (Phi) is 9.37. The van der Waals surface area contributed by atoms with Crippen molar-refractivity contribution < 1.29 is 19.4 Å². The van der Waals surface area contributed by atoms with Crippen molar-refractivity contribution in [3.8, 4) is 5.75 Å². The van der Waals surface area contributed by atoms with Crippen molar-refractivity contribution in [3.05, 3.63) is 103 Å². The van der Waals surface area contributed by atoms with Crippen LogP contribution in [0.1, 0.15) is 24.0 Å². The second-order valence-electron chi connectivity index (χ2n) is 8.51. The van der Waals surface area contributed by atoms with Crippen LogP contribution in [-0.2, 0) is 16.1 Å². The molecule has 1 amide bonds. The van der Waals surface area contributed by atoms with Crippen molar-refractivity contribution >= 4 is 23.6 Å². The minimum Gasteiger partial charge on any atom is -0.494 e. The summed E-state index contributed by atoms with van der Waals surface area (Å²) < 4.78 is 11.4. The number of nitrogens with one attached hydrogen (secondary N) is 2. The van der Waals surface area contributed by atoms with E-state index in [9.17, 15) is 4.79 Å². The minimum absolute atomic E-state index is 0.0875. The molecule has 0 aromatic heterocycles. The summed E-state index contributed by atoms with van der Waals surface area (Å²) in [5.41, 5.74) is 6.62. The lowest BCUT2D eigenvalue weighted by molar-refractivity contribution is -0.127. The smallest absolute Gasteiger partial charge is 0.266 e. The fraction of sp³-hybridized carbons (Fsp3) is 0.241. The van der Waals surface area contributed by atoms with Crippen LogP contribution in [0.2, 0.25) is 0 Å². The molecule has 1 heterocycles. The van der Waals surface area contributed by atoms with Gasteiger partial charge in [0.05, 0.1) is 6.61 Å². The third-order valence-electron chi connectivity index (χ3n) is 5.76. The number of ether oxygens (including phenoxy) is 2. The topological polar surface area (TPSA) is 92.2 Å². The van der Waals surface area contributed by atoms with Crippen LogP contribution in [-0.4, -0.2) is 42.3 Å². The minimum atomic E-state index is -1.10. The van der Waals surface area contributed by atoms with Crippen LogP contribution >= 0.6 is 11.8 Å². The van der Waals surface area contributed by atoms with Gasteiger partial charge in [-0.05, 0) is 48.0 Å². The molecule has 0 bridgehead atoms. The quantitative estimate of drug-likeness (QED) is 0.176. The number of amides is 1. The number of aliphatic imine (C=N–C) groups is 1. The molecule has 1 atom stereocenters. The highest BCUT2D eigenvalue weighted by atomic mass is 32.2. The average molecular weight is 518 g/mol. The van der Waals surface area contributed by atoms with E-state index in [1.54, 1.807) is 17.8 Å². The van der Waals surface area contributed by atoms with Crippen LogP contribution in [0, 0.1) is 0 Å². The van der Waals surface area contributed by atoms with Crippen molar-refractivity contribution in [3.63, 3.8) is 0 Å². The maximum absolute atomic E-state index is 13.2. The number of aliphatic hydroxyl groups excluding tert-OH is 1. The Morgan fingerprint density at radius 3 is 2.62 bits per heavy atom. The maximum Gasteiger partial charge on any atom is 0.266 e. The molecule has 8 heteroatoms. The Bertz CT molecular complexity index is 1220. The van der Waals surface area contributed by atoms with Gasteiger partial charge in [0, 0.05) is 41.3 Å². The molecule has 0 unspecified atom stereocenters. The lowest BCUT2D eigenvalue weighted by Gasteiger charge is -2.22. The van der Waals surface area contributed by atoms with Crippen LogP contribution < -0.4 is 15.6 Å². The van der Waals surface area contributed by atoms with Gasteiger partial charge in [0.1, 0.15) is 12.4 Å². The number of carbonyl (C=O) groups excluding carboxylic acids is 1. The second-order valence-corrected chi connectivity index (χ2v) is 9.63. The molecule has 3 aromatic carbocycles. The molecule has 0 aliphatic carbocycles. The SMILES string of the molecule is C=CC[C@@]1(C(=O)NNCc2ccccc2Sc2ccccc2)COC(c2ccc(OCCCO)cc2)=N1. The predicted octanol–water partition coefficient (Wildman–Crippen LogP) is 4.51. The molecule has 3 aromatic rings. The molecule has 1 aliphatic heterocycles. The lowest BCUT2D eigenvalue weighted by atomic mass is 9.97. The maximum atomic E-state index is 13.2. The first-order valence-corrected chi connectivity index (χ1v) is 13.0. The molecule has 7 nitrogen and oxygen atoms in total. The zero-order valence-electron chi connectivity index (χ0n) is 20.6. The van der Waals surface area contributed by atoms with E-state index < -0.39 is 5.54 Å². The van der Waals surface area contributed by atoms with Crippen LogP contribution in [0.4, 0.5) is 0 Å². The van der Waals surface area contributed by atoms with E-state index in [-0.39, 0.29) is 19.1 Å². The Labute approximate surface area is 221 Å². The third-order valence-corrected chi connectivity index (χ3v) is 6.89. The number of rotatable bonds is 13. The zero-order chi connectivity index (χ0) is 25.9. The highest BCUT2D eigenvalue weighted by Gasteiger charge is 2.43. The van der Waals surface area contributed by atoms with Crippen molar-refractivity contribution in [2.45, 2.75) is 34.7 Å². The highest BCUT2D eigenvalue weighted by Crippen LogP contribution is 2.30. The molecule has 0 fully saturated rings. The number of hydrogen-bond acceptors (Lipinski definition) is 7. The van der Waals surface area contributed by atoms with Gasteiger partial charge in [-0.25, -0.2) is 10.4 Å². The summed E-state index contributed by atoms with van der Waals surface area (Å²) in [6.07, 6.45) is 2.59. The second kappa shape index (κ2) is 13.1. The number of aliphatic hydroxyl groups is 1.